The van der Waals surface area contributed by atoms with Crippen LogP contribution in [0.2, 0.25) is 0 Å². The molecule has 3 rings (SSSR count). The van der Waals surface area contributed by atoms with Crippen molar-refractivity contribution in [1.82, 2.24) is 0 Å². The van der Waals surface area contributed by atoms with Gasteiger partial charge in [0.2, 0.25) is 0 Å². The third-order valence-electron chi connectivity index (χ3n) is 2.77. The highest BCUT2D eigenvalue weighted by Crippen LogP contribution is 2.32. The van der Waals surface area contributed by atoms with Crippen LogP contribution in [0.5, 0.6) is 0 Å². The van der Waals surface area contributed by atoms with Crippen molar-refractivity contribution in [1.29, 1.82) is 0 Å². The first-order valence-electron chi connectivity index (χ1n) is 4.76. The van der Waals surface area contributed by atoms with Gasteiger partial charge in [-0.15, -0.1) is 12.6 Å². The average molecular weight is 198 g/mol. The summed E-state index contributed by atoms with van der Waals surface area (Å²) in [6.07, 6.45) is 5.43. The highest BCUT2D eigenvalue weighted by atomic mass is 32.1. The summed E-state index contributed by atoms with van der Waals surface area (Å²) in [4.78, 5) is 1.07. The Balaban J connectivity index is 2.56. The predicted molar refractivity (Wildman–Crippen MR) is 63.9 cm³/mol. The van der Waals surface area contributed by atoms with Crippen LogP contribution in [0.3, 0.4) is 0 Å². The second kappa shape index (κ2) is 2.89. The number of hydrogen-bond acceptors (Lipinski definition) is 1. The Morgan fingerprint density at radius 1 is 1.07 bits per heavy atom. The van der Waals surface area contributed by atoms with E-state index in [9.17, 15) is 0 Å². The number of allylic oxidation sites excluding steroid dienone is 1. The van der Waals surface area contributed by atoms with Crippen molar-refractivity contribution in [3.63, 3.8) is 0 Å². The summed E-state index contributed by atoms with van der Waals surface area (Å²) >= 11 is 4.48. The van der Waals surface area contributed by atoms with Crippen LogP contribution >= 0.6 is 12.6 Å². The van der Waals surface area contributed by atoms with Gasteiger partial charge >= 0.3 is 0 Å². The zero-order chi connectivity index (χ0) is 9.54. The summed E-state index contributed by atoms with van der Waals surface area (Å²) in [5.41, 5.74) is 2.68. The maximum absolute atomic E-state index is 4.48. The molecule has 0 spiro atoms. The van der Waals surface area contributed by atoms with Crippen molar-refractivity contribution in [2.45, 2.75) is 11.3 Å². The standard InChI is InChI=1S/C13H10S/c14-12-8-7-10-4-1-3-9-5-2-6-11(12)13(9)10/h1-4,6-8,14H,5H2. The van der Waals surface area contributed by atoms with Crippen molar-refractivity contribution in [2.24, 2.45) is 0 Å². The van der Waals surface area contributed by atoms with Gasteiger partial charge in [-0.05, 0) is 34.4 Å². The molecule has 0 fully saturated rings. The van der Waals surface area contributed by atoms with E-state index in [0.29, 0.717) is 0 Å². The van der Waals surface area contributed by atoms with Gasteiger partial charge in [0.05, 0.1) is 0 Å². The van der Waals surface area contributed by atoms with Gasteiger partial charge < -0.3 is 0 Å². The van der Waals surface area contributed by atoms with Crippen molar-refractivity contribution in [3.05, 3.63) is 47.5 Å². The molecule has 1 heteroatoms. The molecule has 0 atom stereocenters. The molecule has 0 unspecified atom stereocenters. The largest absolute Gasteiger partial charge is 0.143 e. The Bertz CT molecular complexity index is 538. The molecule has 2 aromatic carbocycles. The van der Waals surface area contributed by atoms with Crippen molar-refractivity contribution in [3.8, 4) is 0 Å². The van der Waals surface area contributed by atoms with Crippen LogP contribution in [0, 0.1) is 0 Å². The topological polar surface area (TPSA) is 0 Å². The molecular formula is C13H10S. The summed E-state index contributed by atoms with van der Waals surface area (Å²) < 4.78 is 0. The van der Waals surface area contributed by atoms with E-state index < -0.39 is 0 Å². The predicted octanol–water partition coefficient (Wildman–Crippen LogP) is 3.70. The number of thiol groups is 1. The lowest BCUT2D eigenvalue weighted by Gasteiger charge is -2.13. The van der Waals surface area contributed by atoms with Gasteiger partial charge in [-0.2, -0.15) is 0 Å². The minimum atomic E-state index is 1.04. The molecular weight excluding hydrogens is 188 g/mol. The molecule has 0 aliphatic heterocycles. The van der Waals surface area contributed by atoms with Crippen molar-refractivity contribution >= 4 is 29.5 Å². The quantitative estimate of drug-likeness (QED) is 0.613. The second-order valence-electron chi connectivity index (χ2n) is 3.62. The van der Waals surface area contributed by atoms with Crippen molar-refractivity contribution < 1.29 is 0 Å². The van der Waals surface area contributed by atoms with Gasteiger partial charge in [-0.25, -0.2) is 0 Å². The van der Waals surface area contributed by atoms with E-state index in [1.54, 1.807) is 0 Å². The van der Waals surface area contributed by atoms with Crippen molar-refractivity contribution in [2.75, 3.05) is 0 Å². The zero-order valence-corrected chi connectivity index (χ0v) is 8.59. The fourth-order valence-electron chi connectivity index (χ4n) is 2.12. The Morgan fingerprint density at radius 3 is 2.93 bits per heavy atom. The summed E-state index contributed by atoms with van der Waals surface area (Å²) in [7, 11) is 0. The first-order valence-corrected chi connectivity index (χ1v) is 5.21. The highest BCUT2D eigenvalue weighted by molar-refractivity contribution is 7.80. The van der Waals surface area contributed by atoms with E-state index in [4.69, 9.17) is 0 Å². The maximum atomic E-state index is 4.48. The molecule has 0 amide bonds. The van der Waals surface area contributed by atoms with Gasteiger partial charge in [-0.3, -0.25) is 0 Å². The summed E-state index contributed by atoms with van der Waals surface area (Å²) in [6, 6.07) is 10.7. The first-order chi connectivity index (χ1) is 6.86. The van der Waals surface area contributed by atoms with E-state index >= 15 is 0 Å². The molecule has 2 aromatic rings. The Labute approximate surface area is 88.7 Å². The van der Waals surface area contributed by atoms with E-state index in [1.807, 2.05) is 0 Å². The Hall–Kier alpha value is -1.21. The molecule has 0 saturated carbocycles. The minimum absolute atomic E-state index is 1.04. The lowest BCUT2D eigenvalue weighted by atomic mass is 9.93. The van der Waals surface area contributed by atoms with E-state index in [2.05, 4.69) is 55.1 Å². The van der Waals surface area contributed by atoms with Crippen LogP contribution in [0.4, 0.5) is 0 Å². The molecule has 68 valence electrons. The number of hydrogen-bond donors (Lipinski definition) is 1. The lowest BCUT2D eigenvalue weighted by molar-refractivity contribution is 1.27. The zero-order valence-electron chi connectivity index (χ0n) is 7.70. The second-order valence-corrected chi connectivity index (χ2v) is 4.10. The van der Waals surface area contributed by atoms with Crippen LogP contribution in [0.25, 0.3) is 16.8 Å². The fraction of sp³-hybridized carbons (Fsp3) is 0.0769. The third kappa shape index (κ3) is 1.02. The minimum Gasteiger partial charge on any atom is -0.143 e. The number of benzene rings is 2. The molecule has 14 heavy (non-hydrogen) atoms. The Morgan fingerprint density at radius 2 is 2.00 bits per heavy atom. The fourth-order valence-corrected chi connectivity index (χ4v) is 2.38. The summed E-state index contributed by atoms with van der Waals surface area (Å²) in [5.74, 6) is 0. The van der Waals surface area contributed by atoms with Crippen LogP contribution in [-0.4, -0.2) is 0 Å². The molecule has 0 bridgehead atoms. The third-order valence-corrected chi connectivity index (χ3v) is 3.16. The Kier molecular flexibility index (Phi) is 1.68. The van der Waals surface area contributed by atoms with Crippen LogP contribution in [0.1, 0.15) is 11.1 Å². The highest BCUT2D eigenvalue weighted by Gasteiger charge is 2.09. The molecule has 0 saturated heterocycles. The van der Waals surface area contributed by atoms with E-state index in [0.717, 1.165) is 11.3 Å². The normalized spacial score (nSPS) is 13.5. The number of rotatable bonds is 0. The van der Waals surface area contributed by atoms with Gasteiger partial charge in [-0.1, -0.05) is 36.4 Å². The summed E-state index contributed by atoms with van der Waals surface area (Å²) in [6.45, 7) is 0. The van der Waals surface area contributed by atoms with Crippen LogP contribution in [-0.2, 0) is 6.42 Å². The average Bonchev–Trinajstić information content (AvgIpc) is 2.24. The molecule has 0 N–H and O–H groups in total. The monoisotopic (exact) mass is 198 g/mol. The lowest BCUT2D eigenvalue weighted by Crippen LogP contribution is -1.93. The first kappa shape index (κ1) is 8.13. The van der Waals surface area contributed by atoms with Gasteiger partial charge in [0.15, 0.2) is 0 Å². The smallest absolute Gasteiger partial charge is 0.0119 e. The van der Waals surface area contributed by atoms with E-state index in [1.165, 1.54) is 21.9 Å². The van der Waals surface area contributed by atoms with E-state index in [-0.39, 0.29) is 0 Å². The van der Waals surface area contributed by atoms with Gasteiger partial charge in [0.25, 0.3) is 0 Å². The molecule has 0 nitrogen and oxygen atoms in total. The van der Waals surface area contributed by atoms with Gasteiger partial charge in [0.1, 0.15) is 0 Å². The molecule has 0 heterocycles. The summed E-state index contributed by atoms with van der Waals surface area (Å²) in [5, 5.41) is 2.70. The molecule has 0 radical (unpaired) electrons. The SMILES string of the molecule is Sc1ccc2cccc3c2c1C=CC3. The van der Waals surface area contributed by atoms with Crippen LogP contribution < -0.4 is 0 Å². The van der Waals surface area contributed by atoms with Gasteiger partial charge in [0, 0.05) is 4.90 Å². The molecule has 1 aliphatic carbocycles. The molecule has 1 aliphatic rings. The maximum Gasteiger partial charge on any atom is 0.0119 e. The molecule has 0 aromatic heterocycles. The van der Waals surface area contributed by atoms with Crippen LogP contribution in [0.15, 0.2) is 41.3 Å².